The highest BCUT2D eigenvalue weighted by atomic mass is 19.1. The lowest BCUT2D eigenvalue weighted by molar-refractivity contribution is -0.140. The van der Waals surface area contributed by atoms with Gasteiger partial charge in [-0.3, -0.25) is 9.69 Å². The zero-order chi connectivity index (χ0) is 17.3. The maximum Gasteiger partial charge on any atom is 0.228 e. The second-order valence-electron chi connectivity index (χ2n) is 6.96. The molecule has 0 saturated carbocycles. The number of nitrogens with two attached hydrogens (primary N) is 1. The van der Waals surface area contributed by atoms with Crippen LogP contribution in [0.25, 0.3) is 0 Å². The maximum atomic E-state index is 13.6. The molecule has 0 radical (unpaired) electrons. The van der Waals surface area contributed by atoms with E-state index in [1.807, 2.05) is 11.8 Å². The number of benzene rings is 1. The van der Waals surface area contributed by atoms with Crippen LogP contribution >= 0.6 is 0 Å². The van der Waals surface area contributed by atoms with E-state index in [9.17, 15) is 9.18 Å². The van der Waals surface area contributed by atoms with Gasteiger partial charge in [0.05, 0.1) is 12.5 Å². The molecule has 24 heavy (non-hydrogen) atoms. The van der Waals surface area contributed by atoms with E-state index in [4.69, 9.17) is 10.5 Å². The second kappa shape index (κ2) is 7.07. The van der Waals surface area contributed by atoms with Crippen LogP contribution in [0.5, 0.6) is 0 Å². The van der Waals surface area contributed by atoms with Crippen LogP contribution in [-0.2, 0) is 16.1 Å². The van der Waals surface area contributed by atoms with Gasteiger partial charge >= 0.3 is 0 Å². The molecule has 0 bridgehead atoms. The lowest BCUT2D eigenvalue weighted by Crippen LogP contribution is -2.55. The third-order valence-electron chi connectivity index (χ3n) is 5.19. The van der Waals surface area contributed by atoms with Gasteiger partial charge in [0.2, 0.25) is 5.91 Å². The van der Waals surface area contributed by atoms with Gasteiger partial charge in [-0.25, -0.2) is 4.39 Å². The first-order chi connectivity index (χ1) is 11.5. The lowest BCUT2D eigenvalue weighted by Gasteiger charge is -2.41. The van der Waals surface area contributed by atoms with E-state index in [-0.39, 0.29) is 23.7 Å². The highest BCUT2D eigenvalue weighted by Gasteiger charge is 2.33. The molecule has 3 rings (SSSR count). The molecule has 0 aliphatic carbocycles. The summed E-state index contributed by atoms with van der Waals surface area (Å²) in [4.78, 5) is 16.8. The number of amides is 1. The average molecular weight is 335 g/mol. The van der Waals surface area contributed by atoms with Gasteiger partial charge in [-0.15, -0.1) is 0 Å². The lowest BCUT2D eigenvalue weighted by atomic mass is 10.0. The molecule has 5 nitrogen and oxygen atoms in total. The van der Waals surface area contributed by atoms with Gasteiger partial charge in [0, 0.05) is 44.5 Å². The van der Waals surface area contributed by atoms with Crippen molar-refractivity contribution in [3.63, 3.8) is 0 Å². The van der Waals surface area contributed by atoms with Crippen molar-refractivity contribution in [3.05, 3.63) is 29.1 Å². The number of halogens is 1. The standard InChI is InChI=1S/C18H26FN3O2/c1-12-9-21(10-15-7-16(19)8-17(20)13(15)2)4-5-22(12)18(23)14-3-6-24-11-14/h7-8,12,14H,3-6,9-11,20H2,1-2H3/t12-,14?/m0/s1. The topological polar surface area (TPSA) is 58.8 Å². The Labute approximate surface area is 142 Å². The van der Waals surface area contributed by atoms with E-state index in [1.54, 1.807) is 6.07 Å². The number of carbonyl (C=O) groups excluding carboxylic acids is 1. The van der Waals surface area contributed by atoms with E-state index in [1.165, 1.54) is 6.07 Å². The van der Waals surface area contributed by atoms with Gasteiger partial charge in [-0.2, -0.15) is 0 Å². The van der Waals surface area contributed by atoms with Gasteiger partial charge in [0.15, 0.2) is 0 Å². The Morgan fingerprint density at radius 2 is 2.21 bits per heavy atom. The summed E-state index contributed by atoms with van der Waals surface area (Å²) in [5, 5.41) is 0. The highest BCUT2D eigenvalue weighted by molar-refractivity contribution is 5.79. The molecular formula is C18H26FN3O2. The normalized spacial score (nSPS) is 25.2. The number of carbonyl (C=O) groups is 1. The van der Waals surface area contributed by atoms with Crippen LogP contribution < -0.4 is 5.73 Å². The average Bonchev–Trinajstić information content (AvgIpc) is 3.06. The Morgan fingerprint density at radius 3 is 2.88 bits per heavy atom. The zero-order valence-corrected chi connectivity index (χ0v) is 14.4. The number of hydrogen-bond donors (Lipinski definition) is 1. The summed E-state index contributed by atoms with van der Waals surface area (Å²) in [6, 6.07) is 3.07. The molecule has 0 spiro atoms. The third-order valence-corrected chi connectivity index (χ3v) is 5.19. The van der Waals surface area contributed by atoms with Crippen molar-refractivity contribution in [1.82, 2.24) is 9.80 Å². The van der Waals surface area contributed by atoms with Crippen LogP contribution in [0.15, 0.2) is 12.1 Å². The van der Waals surface area contributed by atoms with Crippen molar-refractivity contribution >= 4 is 11.6 Å². The molecule has 6 heteroatoms. The summed E-state index contributed by atoms with van der Waals surface area (Å²) >= 11 is 0. The SMILES string of the molecule is Cc1c(N)cc(F)cc1CN1CCN(C(=O)C2CCOC2)[C@@H](C)C1. The fourth-order valence-corrected chi connectivity index (χ4v) is 3.63. The second-order valence-corrected chi connectivity index (χ2v) is 6.96. The predicted octanol–water partition coefficient (Wildman–Crippen LogP) is 1.79. The number of anilines is 1. The molecule has 2 fully saturated rings. The Kier molecular flexibility index (Phi) is 5.06. The third kappa shape index (κ3) is 3.54. The number of piperazine rings is 1. The Balaban J connectivity index is 1.62. The molecule has 2 atom stereocenters. The number of nitrogen functional groups attached to an aromatic ring is 1. The van der Waals surface area contributed by atoms with Crippen LogP contribution in [0.3, 0.4) is 0 Å². The van der Waals surface area contributed by atoms with Crippen molar-refractivity contribution in [2.24, 2.45) is 5.92 Å². The molecule has 132 valence electrons. The molecule has 2 N–H and O–H groups in total. The first kappa shape index (κ1) is 17.2. The molecule has 1 amide bonds. The molecule has 2 saturated heterocycles. The monoisotopic (exact) mass is 335 g/mol. The van der Waals surface area contributed by atoms with Crippen molar-refractivity contribution in [2.75, 3.05) is 38.6 Å². The smallest absolute Gasteiger partial charge is 0.228 e. The molecule has 0 aromatic heterocycles. The van der Waals surface area contributed by atoms with Gasteiger partial charge in [0.1, 0.15) is 5.82 Å². The quantitative estimate of drug-likeness (QED) is 0.856. The summed E-state index contributed by atoms with van der Waals surface area (Å²) in [5.74, 6) is -0.0636. The fourth-order valence-electron chi connectivity index (χ4n) is 3.63. The molecule has 2 aliphatic rings. The molecule has 1 unspecified atom stereocenters. The van der Waals surface area contributed by atoms with Crippen LogP contribution in [-0.4, -0.2) is 54.6 Å². The van der Waals surface area contributed by atoms with Crippen molar-refractivity contribution in [3.8, 4) is 0 Å². The summed E-state index contributed by atoms with van der Waals surface area (Å²) in [7, 11) is 0. The Bertz CT molecular complexity index is 617. The predicted molar refractivity (Wildman–Crippen MR) is 90.9 cm³/mol. The highest BCUT2D eigenvalue weighted by Crippen LogP contribution is 2.23. The summed E-state index contributed by atoms with van der Waals surface area (Å²) in [6.45, 7) is 8.18. The van der Waals surface area contributed by atoms with Crippen LogP contribution in [0.2, 0.25) is 0 Å². The first-order valence-corrected chi connectivity index (χ1v) is 8.60. The van der Waals surface area contributed by atoms with E-state index >= 15 is 0 Å². The summed E-state index contributed by atoms with van der Waals surface area (Å²) < 4.78 is 19.0. The zero-order valence-electron chi connectivity index (χ0n) is 14.4. The number of ether oxygens (including phenoxy) is 1. The van der Waals surface area contributed by atoms with Gasteiger partial charge in [-0.1, -0.05) is 0 Å². The van der Waals surface area contributed by atoms with Crippen LogP contribution in [0.1, 0.15) is 24.5 Å². The van der Waals surface area contributed by atoms with Gasteiger partial charge < -0.3 is 15.4 Å². The van der Waals surface area contributed by atoms with Gasteiger partial charge in [-0.05, 0) is 43.5 Å². The molecule has 2 aliphatic heterocycles. The van der Waals surface area contributed by atoms with Crippen molar-refractivity contribution < 1.29 is 13.9 Å². The molecule has 1 aromatic rings. The summed E-state index contributed by atoms with van der Waals surface area (Å²) in [6.07, 6.45) is 0.827. The van der Waals surface area contributed by atoms with Crippen molar-refractivity contribution in [2.45, 2.75) is 32.9 Å². The van der Waals surface area contributed by atoms with E-state index < -0.39 is 0 Å². The molecular weight excluding hydrogens is 309 g/mol. The molecule has 2 heterocycles. The number of hydrogen-bond acceptors (Lipinski definition) is 4. The number of rotatable bonds is 3. The molecule has 1 aromatic carbocycles. The minimum absolute atomic E-state index is 0.0178. The maximum absolute atomic E-state index is 13.6. The Hall–Kier alpha value is -1.66. The van der Waals surface area contributed by atoms with E-state index in [2.05, 4.69) is 11.8 Å². The van der Waals surface area contributed by atoms with E-state index in [0.29, 0.717) is 32.0 Å². The largest absolute Gasteiger partial charge is 0.398 e. The van der Waals surface area contributed by atoms with Gasteiger partial charge in [0.25, 0.3) is 0 Å². The van der Waals surface area contributed by atoms with Crippen molar-refractivity contribution in [1.29, 1.82) is 0 Å². The minimum atomic E-state index is -0.295. The Morgan fingerprint density at radius 1 is 1.42 bits per heavy atom. The first-order valence-electron chi connectivity index (χ1n) is 8.60. The fraction of sp³-hybridized carbons (Fsp3) is 0.611. The minimum Gasteiger partial charge on any atom is -0.398 e. The summed E-state index contributed by atoms with van der Waals surface area (Å²) in [5.41, 5.74) is 8.21. The van der Waals surface area contributed by atoms with Crippen LogP contribution in [0.4, 0.5) is 10.1 Å². The van der Waals surface area contributed by atoms with E-state index in [0.717, 1.165) is 30.6 Å². The number of nitrogens with zero attached hydrogens (tertiary/aromatic N) is 2. The van der Waals surface area contributed by atoms with Crippen LogP contribution in [0, 0.1) is 18.7 Å².